The highest BCUT2D eigenvalue weighted by Gasteiger charge is 2.40. The first-order valence-electron chi connectivity index (χ1n) is 9.73. The number of para-hydroxylation sites is 2. The van der Waals surface area contributed by atoms with Gasteiger partial charge in [-0.15, -0.1) is 0 Å². The lowest BCUT2D eigenvalue weighted by Gasteiger charge is -2.33. The van der Waals surface area contributed by atoms with Crippen LogP contribution in [0.25, 0.3) is 27.5 Å². The van der Waals surface area contributed by atoms with Crippen molar-refractivity contribution in [2.24, 2.45) is 0 Å². The molecule has 0 bridgehead atoms. The van der Waals surface area contributed by atoms with Crippen molar-refractivity contribution in [3.05, 3.63) is 84.4 Å². The van der Waals surface area contributed by atoms with Gasteiger partial charge in [0.2, 0.25) is 0 Å². The number of hydrogen-bond acceptors (Lipinski definition) is 2. The number of fused-ring (bicyclic) bond motifs is 7. The lowest BCUT2D eigenvalue weighted by Crippen LogP contribution is -2.58. The molecule has 3 heterocycles. The van der Waals surface area contributed by atoms with Crippen molar-refractivity contribution >= 4 is 44.9 Å². The maximum atomic E-state index is 9.84. The Kier molecular flexibility index (Phi) is 2.64. The van der Waals surface area contributed by atoms with E-state index < -0.39 is 0 Å². The minimum absolute atomic E-state index is 0.0956. The third-order valence-electron chi connectivity index (χ3n) is 6.30. The Morgan fingerprint density at radius 2 is 1.62 bits per heavy atom. The molecule has 0 saturated heterocycles. The molecule has 2 aliphatic rings. The molecule has 132 valence electrons. The van der Waals surface area contributed by atoms with Crippen LogP contribution >= 0.6 is 0 Å². The molecule has 1 aromatic heterocycles. The number of nitriles is 1. The van der Waals surface area contributed by atoms with Crippen LogP contribution in [0.1, 0.15) is 5.56 Å². The van der Waals surface area contributed by atoms with E-state index in [1.807, 2.05) is 24.3 Å². The van der Waals surface area contributed by atoms with Gasteiger partial charge in [0.25, 0.3) is 6.71 Å². The van der Waals surface area contributed by atoms with E-state index >= 15 is 0 Å². The molecule has 0 amide bonds. The van der Waals surface area contributed by atoms with E-state index in [2.05, 4.69) is 65.2 Å². The second-order valence-corrected chi connectivity index (χ2v) is 7.65. The van der Waals surface area contributed by atoms with Crippen molar-refractivity contribution in [1.82, 2.24) is 4.57 Å². The summed E-state index contributed by atoms with van der Waals surface area (Å²) in [6.07, 6.45) is 0. The second-order valence-electron chi connectivity index (χ2n) is 7.65. The summed E-state index contributed by atoms with van der Waals surface area (Å²) >= 11 is 0. The SMILES string of the molecule is N#Cc1ccc2c3c1c1ccccc1n3-c1cccc3c1B2c1ccccc1O3. The van der Waals surface area contributed by atoms with E-state index in [0.29, 0.717) is 0 Å². The zero-order valence-corrected chi connectivity index (χ0v) is 15.4. The maximum absolute atomic E-state index is 9.84. The molecule has 29 heavy (non-hydrogen) atoms. The summed E-state index contributed by atoms with van der Waals surface area (Å²) in [4.78, 5) is 0. The molecule has 2 aliphatic heterocycles. The highest BCUT2D eigenvalue weighted by molar-refractivity contribution is 6.99. The van der Waals surface area contributed by atoms with E-state index in [1.54, 1.807) is 0 Å². The number of rotatable bonds is 0. The van der Waals surface area contributed by atoms with Gasteiger partial charge in [0.05, 0.1) is 22.7 Å². The van der Waals surface area contributed by atoms with Gasteiger partial charge in [-0.3, -0.25) is 0 Å². The average molecular weight is 368 g/mol. The number of benzene rings is 4. The quantitative estimate of drug-likeness (QED) is 0.384. The maximum Gasteiger partial charge on any atom is 0.256 e. The van der Waals surface area contributed by atoms with Crippen LogP contribution < -0.4 is 21.1 Å². The summed E-state index contributed by atoms with van der Waals surface area (Å²) in [5, 5.41) is 12.0. The molecular formula is C25H13BN2O. The summed E-state index contributed by atoms with van der Waals surface area (Å²) in [7, 11) is 0. The van der Waals surface area contributed by atoms with E-state index in [0.717, 1.165) is 44.6 Å². The number of ether oxygens (including phenoxy) is 1. The van der Waals surface area contributed by atoms with Crippen LogP contribution in [0.15, 0.2) is 78.9 Å². The van der Waals surface area contributed by atoms with E-state index in [4.69, 9.17) is 4.74 Å². The Bertz CT molecular complexity index is 1560. The highest BCUT2D eigenvalue weighted by Crippen LogP contribution is 2.37. The van der Waals surface area contributed by atoms with Crippen molar-refractivity contribution in [3.63, 3.8) is 0 Å². The Morgan fingerprint density at radius 1 is 0.793 bits per heavy atom. The minimum atomic E-state index is 0.0956. The van der Waals surface area contributed by atoms with Crippen molar-refractivity contribution in [3.8, 4) is 23.3 Å². The molecule has 0 spiro atoms. The predicted octanol–water partition coefficient (Wildman–Crippen LogP) is 3.59. The van der Waals surface area contributed by atoms with Gasteiger partial charge >= 0.3 is 0 Å². The van der Waals surface area contributed by atoms with Crippen molar-refractivity contribution in [1.29, 1.82) is 5.26 Å². The van der Waals surface area contributed by atoms with E-state index in [1.165, 1.54) is 16.4 Å². The monoisotopic (exact) mass is 368 g/mol. The van der Waals surface area contributed by atoms with Gasteiger partial charge in [-0.2, -0.15) is 5.26 Å². The summed E-state index contributed by atoms with van der Waals surface area (Å²) in [5.41, 5.74) is 7.72. The Morgan fingerprint density at radius 3 is 2.55 bits per heavy atom. The van der Waals surface area contributed by atoms with Gasteiger partial charge in [-0.1, -0.05) is 48.5 Å². The van der Waals surface area contributed by atoms with Gasteiger partial charge in [0, 0.05) is 16.5 Å². The first kappa shape index (κ1) is 15.0. The molecule has 4 heteroatoms. The van der Waals surface area contributed by atoms with Gasteiger partial charge in [-0.25, -0.2) is 0 Å². The fraction of sp³-hybridized carbons (Fsp3) is 0. The largest absolute Gasteiger partial charge is 0.458 e. The Balaban J connectivity index is 1.77. The smallest absolute Gasteiger partial charge is 0.256 e. The van der Waals surface area contributed by atoms with Crippen molar-refractivity contribution < 1.29 is 4.74 Å². The molecule has 0 aliphatic carbocycles. The van der Waals surface area contributed by atoms with Crippen LogP contribution in [0.5, 0.6) is 11.5 Å². The predicted molar refractivity (Wildman–Crippen MR) is 117 cm³/mol. The summed E-state index contributed by atoms with van der Waals surface area (Å²) in [6, 6.07) is 29.4. The van der Waals surface area contributed by atoms with Gasteiger partial charge in [0.15, 0.2) is 0 Å². The molecular weight excluding hydrogens is 355 g/mol. The number of aromatic nitrogens is 1. The third kappa shape index (κ3) is 1.69. The van der Waals surface area contributed by atoms with Crippen LogP contribution in [0.2, 0.25) is 0 Å². The molecule has 0 saturated carbocycles. The fourth-order valence-corrected chi connectivity index (χ4v) is 5.21. The van der Waals surface area contributed by atoms with Crippen molar-refractivity contribution in [2.75, 3.05) is 0 Å². The van der Waals surface area contributed by atoms with Crippen LogP contribution in [-0.4, -0.2) is 11.3 Å². The van der Waals surface area contributed by atoms with Crippen LogP contribution in [0.3, 0.4) is 0 Å². The highest BCUT2D eigenvalue weighted by atomic mass is 16.5. The van der Waals surface area contributed by atoms with Crippen LogP contribution in [0.4, 0.5) is 0 Å². The molecule has 0 radical (unpaired) electrons. The zero-order valence-electron chi connectivity index (χ0n) is 15.4. The Labute approximate surface area is 167 Å². The normalized spacial score (nSPS) is 13.0. The summed E-state index contributed by atoms with van der Waals surface area (Å²) in [6.45, 7) is 0.0956. The van der Waals surface area contributed by atoms with Crippen molar-refractivity contribution in [2.45, 2.75) is 0 Å². The first-order valence-corrected chi connectivity index (χ1v) is 9.73. The molecule has 3 nitrogen and oxygen atoms in total. The third-order valence-corrected chi connectivity index (χ3v) is 6.30. The Hall–Kier alpha value is -3.97. The van der Waals surface area contributed by atoms with Crippen LogP contribution in [-0.2, 0) is 0 Å². The molecule has 0 N–H and O–H groups in total. The fourth-order valence-electron chi connectivity index (χ4n) is 5.21. The minimum Gasteiger partial charge on any atom is -0.458 e. The molecule has 0 atom stereocenters. The second kappa shape index (κ2) is 5.09. The molecule has 4 aromatic carbocycles. The molecule has 0 unspecified atom stereocenters. The standard InChI is InChI=1S/C25H13BN2O/c27-14-15-12-13-18-25-23(15)16-6-1-3-8-19(16)28(25)20-9-5-11-22-24(20)26(18)17-7-2-4-10-21(17)29-22/h1-13H. The van der Waals surface area contributed by atoms with Gasteiger partial charge in [0.1, 0.15) is 11.5 Å². The number of nitrogens with zero attached hydrogens (tertiary/aromatic N) is 2. The summed E-state index contributed by atoms with van der Waals surface area (Å²) in [5.74, 6) is 1.82. The van der Waals surface area contributed by atoms with Gasteiger partial charge in [-0.05, 0) is 46.7 Å². The van der Waals surface area contributed by atoms with Gasteiger partial charge < -0.3 is 9.30 Å². The lowest BCUT2D eigenvalue weighted by molar-refractivity contribution is 0.487. The molecule has 0 fully saturated rings. The summed E-state index contributed by atoms with van der Waals surface area (Å²) < 4.78 is 8.62. The van der Waals surface area contributed by atoms with E-state index in [9.17, 15) is 5.26 Å². The topological polar surface area (TPSA) is 38.0 Å². The number of hydrogen-bond donors (Lipinski definition) is 0. The zero-order chi connectivity index (χ0) is 19.1. The van der Waals surface area contributed by atoms with Crippen LogP contribution in [0, 0.1) is 11.3 Å². The first-order chi connectivity index (χ1) is 14.4. The average Bonchev–Trinajstić information content (AvgIpc) is 3.12. The van der Waals surface area contributed by atoms with E-state index in [-0.39, 0.29) is 6.71 Å². The molecule has 7 rings (SSSR count). The lowest BCUT2D eigenvalue weighted by atomic mass is 9.34. The molecule has 5 aromatic rings.